The van der Waals surface area contributed by atoms with Crippen LogP contribution in [0.15, 0.2) is 34.9 Å². The van der Waals surface area contributed by atoms with Gasteiger partial charge >= 0.3 is 0 Å². The Hall–Kier alpha value is -0.960. The van der Waals surface area contributed by atoms with Gasteiger partial charge in [0, 0.05) is 18.0 Å². The molecule has 1 atom stereocenters. The molecule has 2 aromatic rings. The fraction of sp³-hybridized carbons (Fsp3) is 0.375. The highest BCUT2D eigenvalue weighted by molar-refractivity contribution is 6.42. The van der Waals surface area contributed by atoms with Gasteiger partial charge in [0.1, 0.15) is 5.76 Å². The number of likely N-dealkylation sites (N-methyl/N-ethyl adjacent to an activating group) is 1. The first-order valence-corrected chi connectivity index (χ1v) is 7.65. The molecular formula is C16H19Cl2NO. The van der Waals surface area contributed by atoms with Crippen LogP contribution in [-0.4, -0.2) is 6.54 Å². The van der Waals surface area contributed by atoms with Crippen molar-refractivity contribution in [2.24, 2.45) is 0 Å². The molecule has 0 saturated heterocycles. The Morgan fingerprint density at radius 2 is 2.00 bits per heavy atom. The zero-order valence-corrected chi connectivity index (χ0v) is 13.3. The predicted molar refractivity (Wildman–Crippen MR) is 84.7 cm³/mol. The van der Waals surface area contributed by atoms with Gasteiger partial charge in [0.15, 0.2) is 0 Å². The number of rotatable bonds is 6. The third-order valence-corrected chi connectivity index (χ3v) is 4.24. The highest BCUT2D eigenvalue weighted by atomic mass is 35.5. The molecule has 2 nitrogen and oxygen atoms in total. The van der Waals surface area contributed by atoms with Gasteiger partial charge in [-0.2, -0.15) is 0 Å². The van der Waals surface area contributed by atoms with Crippen molar-refractivity contribution in [1.29, 1.82) is 0 Å². The van der Waals surface area contributed by atoms with Gasteiger partial charge in [-0.25, -0.2) is 0 Å². The molecule has 1 heterocycles. The Bertz CT molecular complexity index is 565. The van der Waals surface area contributed by atoms with Gasteiger partial charge in [0.25, 0.3) is 0 Å². The van der Waals surface area contributed by atoms with E-state index in [0.29, 0.717) is 10.0 Å². The molecule has 0 aliphatic rings. The molecule has 0 aliphatic heterocycles. The minimum absolute atomic E-state index is 0.185. The molecule has 1 unspecified atom stereocenters. The lowest BCUT2D eigenvalue weighted by Gasteiger charge is -2.19. The lowest BCUT2D eigenvalue weighted by atomic mass is 9.98. The van der Waals surface area contributed by atoms with E-state index in [9.17, 15) is 0 Å². The molecule has 1 aromatic carbocycles. The van der Waals surface area contributed by atoms with E-state index in [1.165, 1.54) is 5.56 Å². The number of benzene rings is 1. The van der Waals surface area contributed by atoms with Crippen LogP contribution in [-0.2, 0) is 12.8 Å². The molecule has 0 saturated carbocycles. The normalized spacial score (nSPS) is 12.6. The van der Waals surface area contributed by atoms with Crippen LogP contribution in [0.4, 0.5) is 0 Å². The highest BCUT2D eigenvalue weighted by Crippen LogP contribution is 2.30. The van der Waals surface area contributed by atoms with Gasteiger partial charge in [0.2, 0.25) is 0 Å². The molecule has 0 spiro atoms. The summed E-state index contributed by atoms with van der Waals surface area (Å²) in [6.45, 7) is 5.08. The molecule has 2 rings (SSSR count). The predicted octanol–water partition coefficient (Wildman–Crippen LogP) is 5.04. The van der Waals surface area contributed by atoms with E-state index in [0.717, 1.165) is 30.7 Å². The second-order valence-corrected chi connectivity index (χ2v) is 5.47. The molecule has 0 bridgehead atoms. The number of aryl methyl sites for hydroxylation is 1. The number of hydrogen-bond donors (Lipinski definition) is 1. The van der Waals surface area contributed by atoms with Crippen molar-refractivity contribution < 1.29 is 4.42 Å². The second-order valence-electron chi connectivity index (χ2n) is 4.68. The second kappa shape index (κ2) is 7.16. The fourth-order valence-corrected chi connectivity index (χ4v) is 2.81. The van der Waals surface area contributed by atoms with E-state index < -0.39 is 0 Å². The van der Waals surface area contributed by atoms with Gasteiger partial charge in [-0.3, -0.25) is 0 Å². The van der Waals surface area contributed by atoms with E-state index >= 15 is 0 Å². The Balaban J connectivity index is 2.28. The lowest BCUT2D eigenvalue weighted by Crippen LogP contribution is -2.23. The number of furan rings is 1. The van der Waals surface area contributed by atoms with Crippen LogP contribution >= 0.6 is 23.2 Å². The highest BCUT2D eigenvalue weighted by Gasteiger charge is 2.18. The van der Waals surface area contributed by atoms with Crippen LogP contribution in [0.3, 0.4) is 0 Å². The first-order valence-electron chi connectivity index (χ1n) is 6.89. The summed E-state index contributed by atoms with van der Waals surface area (Å²) in [5, 5.41) is 4.73. The third kappa shape index (κ3) is 3.38. The van der Waals surface area contributed by atoms with Crippen molar-refractivity contribution in [2.75, 3.05) is 6.54 Å². The lowest BCUT2D eigenvalue weighted by molar-refractivity contribution is 0.487. The Morgan fingerprint density at radius 1 is 1.20 bits per heavy atom. The summed E-state index contributed by atoms with van der Waals surface area (Å²) in [5.74, 6) is 1.02. The molecule has 0 amide bonds. The summed E-state index contributed by atoms with van der Waals surface area (Å²) in [7, 11) is 0. The van der Waals surface area contributed by atoms with Crippen LogP contribution in [0.25, 0.3) is 0 Å². The van der Waals surface area contributed by atoms with Gasteiger partial charge in [-0.15, -0.1) is 0 Å². The van der Waals surface area contributed by atoms with E-state index in [1.807, 2.05) is 24.3 Å². The third-order valence-electron chi connectivity index (χ3n) is 3.38. The standard InChI is InChI=1S/C16H19Cl2NO/c1-3-15-12(8-9-20-15)14(19-4-2)10-11-6-5-7-13(17)16(11)18/h5-9,14,19H,3-4,10H2,1-2H3. The van der Waals surface area contributed by atoms with E-state index in [1.54, 1.807) is 6.26 Å². The summed E-state index contributed by atoms with van der Waals surface area (Å²) in [6.07, 6.45) is 3.42. The average molecular weight is 312 g/mol. The summed E-state index contributed by atoms with van der Waals surface area (Å²) >= 11 is 12.4. The Labute approximate surface area is 130 Å². The minimum Gasteiger partial charge on any atom is -0.469 e. The van der Waals surface area contributed by atoms with E-state index in [4.69, 9.17) is 27.6 Å². The van der Waals surface area contributed by atoms with Crippen molar-refractivity contribution in [2.45, 2.75) is 32.7 Å². The quantitative estimate of drug-likeness (QED) is 0.808. The van der Waals surface area contributed by atoms with Crippen molar-refractivity contribution in [3.05, 3.63) is 57.5 Å². The molecule has 108 valence electrons. The van der Waals surface area contributed by atoms with Crippen LogP contribution < -0.4 is 5.32 Å². The summed E-state index contributed by atoms with van der Waals surface area (Å²) in [5.41, 5.74) is 2.25. The number of hydrogen-bond acceptors (Lipinski definition) is 2. The maximum atomic E-state index is 6.29. The molecule has 0 aliphatic carbocycles. The molecule has 1 N–H and O–H groups in total. The van der Waals surface area contributed by atoms with E-state index in [-0.39, 0.29) is 6.04 Å². The number of nitrogens with one attached hydrogen (secondary N) is 1. The Kier molecular flexibility index (Phi) is 5.53. The van der Waals surface area contributed by atoms with Crippen molar-refractivity contribution in [3.8, 4) is 0 Å². The van der Waals surface area contributed by atoms with Crippen LogP contribution in [0.1, 0.15) is 36.8 Å². The van der Waals surface area contributed by atoms with Crippen molar-refractivity contribution in [3.63, 3.8) is 0 Å². The maximum Gasteiger partial charge on any atom is 0.108 e. The van der Waals surface area contributed by atoms with Crippen molar-refractivity contribution in [1.82, 2.24) is 5.32 Å². The minimum atomic E-state index is 0.185. The average Bonchev–Trinajstić information content (AvgIpc) is 2.91. The van der Waals surface area contributed by atoms with Crippen molar-refractivity contribution >= 4 is 23.2 Å². The topological polar surface area (TPSA) is 25.2 Å². The van der Waals surface area contributed by atoms with Gasteiger partial charge in [-0.1, -0.05) is 49.2 Å². The molecular weight excluding hydrogens is 293 g/mol. The maximum absolute atomic E-state index is 6.29. The van der Waals surface area contributed by atoms with E-state index in [2.05, 4.69) is 19.2 Å². The van der Waals surface area contributed by atoms with Gasteiger partial charge < -0.3 is 9.73 Å². The van der Waals surface area contributed by atoms with Gasteiger partial charge in [0.05, 0.1) is 16.3 Å². The monoisotopic (exact) mass is 311 g/mol. The van der Waals surface area contributed by atoms with Gasteiger partial charge in [-0.05, 0) is 30.7 Å². The zero-order chi connectivity index (χ0) is 14.5. The molecule has 0 fully saturated rings. The summed E-state index contributed by atoms with van der Waals surface area (Å²) in [4.78, 5) is 0. The molecule has 0 radical (unpaired) electrons. The smallest absolute Gasteiger partial charge is 0.108 e. The fourth-order valence-electron chi connectivity index (χ4n) is 2.41. The largest absolute Gasteiger partial charge is 0.469 e. The van der Waals surface area contributed by atoms with Crippen LogP contribution in [0.2, 0.25) is 10.0 Å². The molecule has 1 aromatic heterocycles. The first kappa shape index (κ1) is 15.4. The SMILES string of the molecule is CCNC(Cc1cccc(Cl)c1Cl)c1ccoc1CC. The van der Waals surface area contributed by atoms with Crippen LogP contribution in [0, 0.1) is 0 Å². The Morgan fingerprint density at radius 3 is 2.70 bits per heavy atom. The zero-order valence-electron chi connectivity index (χ0n) is 11.7. The first-order chi connectivity index (χ1) is 9.67. The summed E-state index contributed by atoms with van der Waals surface area (Å²) < 4.78 is 5.53. The molecule has 4 heteroatoms. The molecule has 20 heavy (non-hydrogen) atoms. The van der Waals surface area contributed by atoms with Crippen LogP contribution in [0.5, 0.6) is 0 Å². The summed E-state index contributed by atoms with van der Waals surface area (Å²) in [6, 6.07) is 7.98. The number of halogens is 2.